The van der Waals surface area contributed by atoms with Gasteiger partial charge in [0.2, 0.25) is 0 Å². The fourth-order valence-corrected chi connectivity index (χ4v) is 5.83. The Morgan fingerprint density at radius 3 is 2.69 bits per heavy atom. The normalized spacial score (nSPS) is 15.8. The lowest BCUT2D eigenvalue weighted by Gasteiger charge is -2.41. The molecule has 1 atom stereocenters. The monoisotopic (exact) mass is 488 g/mol. The molecule has 0 radical (unpaired) electrons. The predicted octanol–water partition coefficient (Wildman–Crippen LogP) is 5.30. The quantitative estimate of drug-likeness (QED) is 0.362. The molecule has 0 saturated heterocycles. The van der Waals surface area contributed by atoms with Crippen molar-refractivity contribution < 1.29 is 4.42 Å². The molecule has 0 amide bonds. The molecule has 1 aliphatic rings. The van der Waals surface area contributed by atoms with Crippen LogP contribution in [-0.4, -0.2) is 36.1 Å². The maximum Gasteiger partial charge on any atom is 0.252 e. The number of nitrogens with zero attached hydrogens (tertiary/aromatic N) is 5. The van der Waals surface area contributed by atoms with Crippen molar-refractivity contribution in [2.24, 2.45) is 5.92 Å². The molecule has 8 nitrogen and oxygen atoms in total. The van der Waals surface area contributed by atoms with Gasteiger partial charge in [0.25, 0.3) is 5.56 Å². The number of aryl methyl sites for hydroxylation is 2. The van der Waals surface area contributed by atoms with Crippen molar-refractivity contribution in [3.63, 3.8) is 0 Å². The van der Waals surface area contributed by atoms with Crippen LogP contribution in [0.3, 0.4) is 0 Å². The molecule has 1 unspecified atom stereocenters. The molecule has 0 spiro atoms. The Balaban J connectivity index is 1.56. The first-order chi connectivity index (χ1) is 17.4. The average molecular weight is 489 g/mol. The maximum absolute atomic E-state index is 13.3. The summed E-state index contributed by atoms with van der Waals surface area (Å²) in [4.78, 5) is 19.0. The van der Waals surface area contributed by atoms with Gasteiger partial charge in [-0.2, -0.15) is 0 Å². The first-order valence-corrected chi connectivity index (χ1v) is 13.1. The third-order valence-corrected chi connectivity index (χ3v) is 7.47. The lowest BCUT2D eigenvalue weighted by molar-refractivity contribution is 0.0610. The van der Waals surface area contributed by atoms with Gasteiger partial charge in [0.05, 0.1) is 17.8 Å². The van der Waals surface area contributed by atoms with Crippen molar-refractivity contribution in [1.29, 1.82) is 0 Å². The summed E-state index contributed by atoms with van der Waals surface area (Å²) in [7, 11) is 0. The van der Waals surface area contributed by atoms with Crippen LogP contribution < -0.4 is 5.56 Å². The van der Waals surface area contributed by atoms with Gasteiger partial charge in [0, 0.05) is 18.2 Å². The van der Waals surface area contributed by atoms with Crippen LogP contribution in [-0.2, 0) is 13.1 Å². The standard InChI is InChI=1S/C28H36N6O2/c1-18(2)26(27-30-31-32-34(27)17-24-11-8-12-36-24)33(23-9-6-5-7-10-23)16-22-15-21-14-19(3)13-20(4)25(21)29-28(22)35/h8,11-15,18,23,26H,5-7,9-10,16-17H2,1-4H3,(H,29,35). The zero-order valence-corrected chi connectivity index (χ0v) is 21.7. The Labute approximate surface area is 211 Å². The summed E-state index contributed by atoms with van der Waals surface area (Å²) in [6.07, 6.45) is 7.58. The maximum atomic E-state index is 13.3. The molecule has 190 valence electrons. The number of fused-ring (bicyclic) bond motifs is 1. The molecular weight excluding hydrogens is 452 g/mol. The number of hydrogen-bond acceptors (Lipinski definition) is 6. The van der Waals surface area contributed by atoms with Crippen LogP contribution in [0.15, 0.2) is 45.8 Å². The van der Waals surface area contributed by atoms with Crippen LogP contribution >= 0.6 is 0 Å². The topological polar surface area (TPSA) is 92.8 Å². The molecule has 3 aromatic heterocycles. The Kier molecular flexibility index (Phi) is 7.05. The number of H-pyrrole nitrogens is 1. The number of pyridine rings is 1. The summed E-state index contributed by atoms with van der Waals surface area (Å²) in [6, 6.07) is 10.5. The highest BCUT2D eigenvalue weighted by atomic mass is 16.3. The van der Waals surface area contributed by atoms with E-state index in [0.717, 1.165) is 46.5 Å². The van der Waals surface area contributed by atoms with Gasteiger partial charge in [-0.1, -0.05) is 44.7 Å². The number of tetrazole rings is 1. The number of aromatic nitrogens is 5. The van der Waals surface area contributed by atoms with E-state index in [2.05, 4.69) is 64.4 Å². The molecule has 1 saturated carbocycles. The highest BCUT2D eigenvalue weighted by Crippen LogP contribution is 2.35. The fraction of sp³-hybridized carbons (Fsp3) is 0.500. The van der Waals surface area contributed by atoms with E-state index in [9.17, 15) is 4.79 Å². The smallest absolute Gasteiger partial charge is 0.252 e. The summed E-state index contributed by atoms with van der Waals surface area (Å²) in [6.45, 7) is 9.60. The zero-order chi connectivity index (χ0) is 25.2. The van der Waals surface area contributed by atoms with Crippen molar-refractivity contribution >= 4 is 10.9 Å². The van der Waals surface area contributed by atoms with Crippen molar-refractivity contribution in [2.45, 2.75) is 85.0 Å². The van der Waals surface area contributed by atoms with Gasteiger partial charge in [-0.3, -0.25) is 9.69 Å². The summed E-state index contributed by atoms with van der Waals surface area (Å²) in [5.74, 6) is 1.88. The minimum atomic E-state index is -0.0348. The van der Waals surface area contributed by atoms with Crippen LogP contribution in [0.2, 0.25) is 0 Å². The van der Waals surface area contributed by atoms with E-state index in [-0.39, 0.29) is 17.5 Å². The largest absolute Gasteiger partial charge is 0.467 e. The van der Waals surface area contributed by atoms with Crippen LogP contribution in [0.4, 0.5) is 0 Å². The highest BCUT2D eigenvalue weighted by Gasteiger charge is 2.35. The van der Waals surface area contributed by atoms with Crippen molar-refractivity contribution in [1.82, 2.24) is 30.1 Å². The lowest BCUT2D eigenvalue weighted by Crippen LogP contribution is -2.43. The SMILES string of the molecule is Cc1cc(C)c2[nH]c(=O)c(CN(C3CCCCC3)C(c3nnnn3Cc3ccco3)C(C)C)cc2c1. The van der Waals surface area contributed by atoms with Gasteiger partial charge >= 0.3 is 0 Å². The van der Waals surface area contributed by atoms with E-state index in [1.165, 1.54) is 24.8 Å². The van der Waals surface area contributed by atoms with E-state index < -0.39 is 0 Å². The third-order valence-electron chi connectivity index (χ3n) is 7.47. The van der Waals surface area contributed by atoms with Gasteiger partial charge in [0.1, 0.15) is 12.3 Å². The van der Waals surface area contributed by atoms with Gasteiger partial charge in [-0.15, -0.1) is 5.10 Å². The zero-order valence-electron chi connectivity index (χ0n) is 21.7. The molecule has 0 aliphatic heterocycles. The summed E-state index contributed by atoms with van der Waals surface area (Å²) in [5.41, 5.74) is 3.97. The van der Waals surface area contributed by atoms with Crippen molar-refractivity contribution in [3.8, 4) is 0 Å². The van der Waals surface area contributed by atoms with Gasteiger partial charge in [0.15, 0.2) is 5.82 Å². The van der Waals surface area contributed by atoms with Gasteiger partial charge in [-0.25, -0.2) is 4.68 Å². The molecular formula is C28H36N6O2. The second kappa shape index (κ2) is 10.4. The van der Waals surface area contributed by atoms with E-state index in [4.69, 9.17) is 4.42 Å². The number of nitrogens with one attached hydrogen (secondary N) is 1. The van der Waals surface area contributed by atoms with Gasteiger partial charge < -0.3 is 9.40 Å². The lowest BCUT2D eigenvalue weighted by atomic mass is 9.90. The molecule has 0 bridgehead atoms. The first kappa shape index (κ1) is 24.4. The highest BCUT2D eigenvalue weighted by molar-refractivity contribution is 5.82. The fourth-order valence-electron chi connectivity index (χ4n) is 5.83. The summed E-state index contributed by atoms with van der Waals surface area (Å²) >= 11 is 0. The molecule has 1 N–H and O–H groups in total. The molecule has 1 aromatic carbocycles. The summed E-state index contributed by atoms with van der Waals surface area (Å²) in [5, 5.41) is 13.9. The van der Waals surface area contributed by atoms with E-state index in [1.807, 2.05) is 23.7 Å². The summed E-state index contributed by atoms with van der Waals surface area (Å²) < 4.78 is 7.42. The predicted molar refractivity (Wildman–Crippen MR) is 140 cm³/mol. The van der Waals surface area contributed by atoms with E-state index >= 15 is 0 Å². The number of benzene rings is 1. The molecule has 1 fully saturated rings. The van der Waals surface area contributed by atoms with Crippen LogP contribution in [0.1, 0.15) is 80.3 Å². The van der Waals surface area contributed by atoms with E-state index in [0.29, 0.717) is 19.1 Å². The van der Waals surface area contributed by atoms with Gasteiger partial charge in [-0.05, 0) is 78.2 Å². The minimum Gasteiger partial charge on any atom is -0.467 e. The molecule has 5 rings (SSSR count). The molecule has 8 heteroatoms. The van der Waals surface area contributed by atoms with Crippen LogP contribution in [0, 0.1) is 19.8 Å². The molecule has 1 aliphatic carbocycles. The number of rotatable bonds is 8. The van der Waals surface area contributed by atoms with Crippen molar-refractivity contribution in [3.05, 3.63) is 75.2 Å². The first-order valence-electron chi connectivity index (χ1n) is 13.1. The van der Waals surface area contributed by atoms with Crippen LogP contribution in [0.25, 0.3) is 10.9 Å². The van der Waals surface area contributed by atoms with E-state index in [1.54, 1.807) is 6.26 Å². The number of aromatic amines is 1. The number of furan rings is 1. The van der Waals surface area contributed by atoms with Crippen molar-refractivity contribution in [2.75, 3.05) is 0 Å². The Bertz CT molecular complexity index is 1360. The Hall–Kier alpha value is -3.26. The second-order valence-corrected chi connectivity index (χ2v) is 10.6. The third kappa shape index (κ3) is 5.00. The second-order valence-electron chi connectivity index (χ2n) is 10.6. The molecule has 4 aromatic rings. The Morgan fingerprint density at radius 2 is 1.97 bits per heavy atom. The number of hydrogen-bond donors (Lipinski definition) is 1. The molecule has 3 heterocycles. The average Bonchev–Trinajstić information content (AvgIpc) is 3.53. The van der Waals surface area contributed by atoms with Crippen LogP contribution in [0.5, 0.6) is 0 Å². The molecule has 36 heavy (non-hydrogen) atoms. The Morgan fingerprint density at radius 1 is 1.17 bits per heavy atom. The minimum absolute atomic E-state index is 0.0204.